The number of carbonyl (C=O) groups excluding carboxylic acids is 3. The molecular formula is C31H43N3O4. The van der Waals surface area contributed by atoms with E-state index in [0.29, 0.717) is 24.3 Å². The first-order valence-electron chi connectivity index (χ1n) is 14.1. The minimum atomic E-state index is -0.821. The number of nitrogens with zero attached hydrogens (tertiary/aromatic N) is 3. The van der Waals surface area contributed by atoms with Gasteiger partial charge in [0.05, 0.1) is 18.5 Å². The van der Waals surface area contributed by atoms with Crippen molar-refractivity contribution in [2.75, 3.05) is 31.6 Å². The third-order valence-electron chi connectivity index (χ3n) is 7.27. The van der Waals surface area contributed by atoms with Gasteiger partial charge in [0.25, 0.3) is 0 Å². The minimum absolute atomic E-state index is 0.0983. The van der Waals surface area contributed by atoms with Crippen molar-refractivity contribution in [3.05, 3.63) is 60.7 Å². The molecule has 1 saturated heterocycles. The zero-order valence-electron chi connectivity index (χ0n) is 23.2. The summed E-state index contributed by atoms with van der Waals surface area (Å²) in [5, 5.41) is 0. The predicted octanol–water partition coefficient (Wildman–Crippen LogP) is 6.41. The average molecular weight is 522 g/mol. The molecule has 2 aromatic carbocycles. The molecule has 1 aliphatic rings. The monoisotopic (exact) mass is 521 g/mol. The number of esters is 1. The van der Waals surface area contributed by atoms with Crippen molar-refractivity contribution in [1.82, 2.24) is 9.80 Å². The normalized spacial score (nSPS) is 17.1. The third kappa shape index (κ3) is 7.59. The minimum Gasteiger partial charge on any atom is -0.467 e. The second kappa shape index (κ2) is 15.2. The number of carbonyl (C=O) groups is 3. The fourth-order valence-corrected chi connectivity index (χ4v) is 5.13. The highest BCUT2D eigenvalue weighted by molar-refractivity contribution is 6.01. The van der Waals surface area contributed by atoms with E-state index in [1.165, 1.54) is 7.11 Å². The highest BCUT2D eigenvalue weighted by Crippen LogP contribution is 2.32. The highest BCUT2D eigenvalue weighted by Gasteiger charge is 2.42. The van der Waals surface area contributed by atoms with Crippen LogP contribution in [0.25, 0.3) is 0 Å². The lowest BCUT2D eigenvalue weighted by atomic mass is 9.89. The van der Waals surface area contributed by atoms with E-state index in [-0.39, 0.29) is 24.3 Å². The summed E-state index contributed by atoms with van der Waals surface area (Å²) in [6.45, 7) is 6.11. The van der Waals surface area contributed by atoms with Gasteiger partial charge in [-0.1, -0.05) is 75.9 Å². The summed E-state index contributed by atoms with van der Waals surface area (Å²) in [5.74, 6) is -0.699. The maximum Gasteiger partial charge on any atom is 0.329 e. The Kier molecular flexibility index (Phi) is 11.7. The van der Waals surface area contributed by atoms with Crippen molar-refractivity contribution in [1.29, 1.82) is 0 Å². The molecule has 0 bridgehead atoms. The number of hydrogen-bond donors (Lipinski definition) is 0. The molecule has 3 rings (SSSR count). The van der Waals surface area contributed by atoms with E-state index in [9.17, 15) is 14.4 Å². The quantitative estimate of drug-likeness (QED) is 0.239. The summed E-state index contributed by atoms with van der Waals surface area (Å²) >= 11 is 0. The Bertz CT molecular complexity index is 965. The van der Waals surface area contributed by atoms with Crippen LogP contribution in [0.1, 0.15) is 65.2 Å². The molecular weight excluding hydrogens is 478 g/mol. The van der Waals surface area contributed by atoms with E-state index in [1.54, 1.807) is 9.80 Å². The van der Waals surface area contributed by atoms with Crippen molar-refractivity contribution in [3.63, 3.8) is 0 Å². The van der Waals surface area contributed by atoms with Crippen molar-refractivity contribution < 1.29 is 19.1 Å². The molecule has 38 heavy (non-hydrogen) atoms. The van der Waals surface area contributed by atoms with Gasteiger partial charge in [0.15, 0.2) is 0 Å². The molecule has 206 valence electrons. The third-order valence-corrected chi connectivity index (χ3v) is 7.27. The van der Waals surface area contributed by atoms with Gasteiger partial charge in [-0.3, -0.25) is 9.69 Å². The first-order valence-corrected chi connectivity index (χ1v) is 14.1. The Morgan fingerprint density at radius 2 is 1.37 bits per heavy atom. The first-order chi connectivity index (χ1) is 18.5. The van der Waals surface area contributed by atoms with Crippen molar-refractivity contribution in [2.24, 2.45) is 5.92 Å². The predicted molar refractivity (Wildman–Crippen MR) is 151 cm³/mol. The van der Waals surface area contributed by atoms with E-state index in [2.05, 4.69) is 13.8 Å². The number of anilines is 2. The molecule has 0 radical (unpaired) electrons. The van der Waals surface area contributed by atoms with Crippen LogP contribution in [-0.2, 0) is 14.3 Å². The lowest BCUT2D eigenvalue weighted by Crippen LogP contribution is -2.56. The van der Waals surface area contributed by atoms with Crippen LogP contribution < -0.4 is 4.90 Å². The van der Waals surface area contributed by atoms with E-state index < -0.39 is 12.0 Å². The summed E-state index contributed by atoms with van der Waals surface area (Å²) in [6.07, 6.45) is 7.13. The standard InChI is InChI=1S/C31H43N3O4/c1-4-6-14-21-32(22-15-7-5-2)29(35)25-20-23-33(28(24-25)30(36)38-3)31(37)34(26-16-10-8-11-17-26)27-18-12-9-13-19-27/h8-13,16-19,25,28H,4-7,14-15,20-24H2,1-3H3/t25-,28-/m0/s1. The van der Waals surface area contributed by atoms with Gasteiger partial charge >= 0.3 is 12.0 Å². The molecule has 1 aliphatic heterocycles. The molecule has 2 atom stereocenters. The number of urea groups is 1. The molecule has 0 aliphatic carbocycles. The number of unbranched alkanes of at least 4 members (excludes halogenated alkanes) is 4. The van der Waals surface area contributed by atoms with E-state index in [1.807, 2.05) is 65.6 Å². The van der Waals surface area contributed by atoms with Gasteiger partial charge in [0, 0.05) is 25.6 Å². The highest BCUT2D eigenvalue weighted by atomic mass is 16.5. The maximum atomic E-state index is 14.0. The number of methoxy groups -OCH3 is 1. The Hall–Kier alpha value is -3.35. The second-order valence-corrected chi connectivity index (χ2v) is 9.98. The molecule has 0 aromatic heterocycles. The van der Waals surface area contributed by atoms with Gasteiger partial charge < -0.3 is 14.5 Å². The number of benzene rings is 2. The maximum absolute atomic E-state index is 14.0. The van der Waals surface area contributed by atoms with Gasteiger partial charge in [-0.25, -0.2) is 9.59 Å². The van der Waals surface area contributed by atoms with Crippen LogP contribution in [0, 0.1) is 5.92 Å². The molecule has 7 heteroatoms. The molecule has 1 heterocycles. The summed E-state index contributed by atoms with van der Waals surface area (Å²) in [4.78, 5) is 45.9. The van der Waals surface area contributed by atoms with Crippen molar-refractivity contribution in [3.8, 4) is 0 Å². The second-order valence-electron chi connectivity index (χ2n) is 9.98. The number of amides is 3. The smallest absolute Gasteiger partial charge is 0.329 e. The molecule has 0 spiro atoms. The van der Waals surface area contributed by atoms with Crippen LogP contribution in [0.5, 0.6) is 0 Å². The Morgan fingerprint density at radius 3 is 1.84 bits per heavy atom. The summed E-state index contributed by atoms with van der Waals surface area (Å²) in [5.41, 5.74) is 1.42. The molecule has 7 nitrogen and oxygen atoms in total. The Labute approximate surface area is 227 Å². The van der Waals surface area contributed by atoms with Crippen LogP contribution in [-0.4, -0.2) is 60.5 Å². The van der Waals surface area contributed by atoms with Gasteiger partial charge in [0.1, 0.15) is 6.04 Å². The molecule has 0 unspecified atom stereocenters. The zero-order valence-corrected chi connectivity index (χ0v) is 23.2. The Balaban J connectivity index is 1.83. The number of ether oxygens (including phenoxy) is 1. The largest absolute Gasteiger partial charge is 0.467 e. The number of piperidine rings is 1. The summed E-state index contributed by atoms with van der Waals surface area (Å²) in [7, 11) is 1.34. The zero-order chi connectivity index (χ0) is 27.3. The van der Waals surface area contributed by atoms with Crippen molar-refractivity contribution in [2.45, 2.75) is 71.3 Å². The molecule has 2 aromatic rings. The number of rotatable bonds is 12. The molecule has 1 fully saturated rings. The van der Waals surface area contributed by atoms with E-state index in [4.69, 9.17) is 4.74 Å². The van der Waals surface area contributed by atoms with Crippen LogP contribution in [0.4, 0.5) is 16.2 Å². The summed E-state index contributed by atoms with van der Waals surface area (Å²) < 4.78 is 5.13. The van der Waals surface area contributed by atoms with Crippen molar-refractivity contribution >= 4 is 29.3 Å². The summed E-state index contributed by atoms with van der Waals surface area (Å²) in [6, 6.07) is 17.7. The van der Waals surface area contributed by atoms with Gasteiger partial charge in [-0.05, 0) is 49.9 Å². The SMILES string of the molecule is CCCCCN(CCCCC)C(=O)[C@H]1CCN(C(=O)N(c2ccccc2)c2ccccc2)[C@H](C(=O)OC)C1. The lowest BCUT2D eigenvalue weighted by molar-refractivity contribution is -0.149. The lowest BCUT2D eigenvalue weighted by Gasteiger charge is -2.41. The number of likely N-dealkylation sites (tertiary alicyclic amines) is 1. The fraction of sp³-hybridized carbons (Fsp3) is 0.516. The molecule has 0 saturated carbocycles. The van der Waals surface area contributed by atoms with Crippen LogP contribution in [0.2, 0.25) is 0 Å². The van der Waals surface area contributed by atoms with Crippen LogP contribution in [0.15, 0.2) is 60.7 Å². The first kappa shape index (κ1) is 29.2. The molecule has 3 amide bonds. The van der Waals surface area contributed by atoms with E-state index in [0.717, 1.165) is 51.6 Å². The number of para-hydroxylation sites is 2. The topological polar surface area (TPSA) is 70.2 Å². The molecule has 0 N–H and O–H groups in total. The van der Waals surface area contributed by atoms with Gasteiger partial charge in [0.2, 0.25) is 5.91 Å². The van der Waals surface area contributed by atoms with Gasteiger partial charge in [-0.2, -0.15) is 0 Å². The van der Waals surface area contributed by atoms with Crippen LogP contribution in [0.3, 0.4) is 0 Å². The van der Waals surface area contributed by atoms with Crippen LogP contribution >= 0.6 is 0 Å². The van der Waals surface area contributed by atoms with E-state index >= 15 is 0 Å². The fourth-order valence-electron chi connectivity index (χ4n) is 5.13. The number of hydrogen-bond acceptors (Lipinski definition) is 4. The average Bonchev–Trinajstić information content (AvgIpc) is 2.96. The Morgan fingerprint density at radius 1 is 0.842 bits per heavy atom. The van der Waals surface area contributed by atoms with Gasteiger partial charge in [-0.15, -0.1) is 0 Å².